The fourth-order valence-corrected chi connectivity index (χ4v) is 2.84. The zero-order chi connectivity index (χ0) is 18.2. The molecule has 1 aromatic carbocycles. The first kappa shape index (κ1) is 17.6. The molecule has 1 saturated carbocycles. The van der Waals surface area contributed by atoms with Gasteiger partial charge in [0.25, 0.3) is 5.91 Å². The summed E-state index contributed by atoms with van der Waals surface area (Å²) in [5.74, 6) is 0.640. The summed E-state index contributed by atoms with van der Waals surface area (Å²) in [6.07, 6.45) is 2.93. The topological polar surface area (TPSA) is 57.0 Å². The Kier molecular flexibility index (Phi) is 4.67. The minimum absolute atomic E-state index is 0.0206. The highest BCUT2D eigenvalue weighted by atomic mass is 16.5. The zero-order valence-corrected chi connectivity index (χ0v) is 15.7. The maximum Gasteiger partial charge on any atom is 0.336 e. The second-order valence-corrected chi connectivity index (χ2v) is 8.09. The molecular formula is C20H27N3O2. The SMILES string of the molecule is CC(C)Oc1nc(-c2ccc(C(C)(C)C)cc2)n(C(=O)C2CCC2)n1. The zero-order valence-electron chi connectivity index (χ0n) is 15.7. The van der Waals surface area contributed by atoms with Gasteiger partial charge in [-0.3, -0.25) is 4.79 Å². The quantitative estimate of drug-likeness (QED) is 0.823. The fourth-order valence-electron chi connectivity index (χ4n) is 2.84. The van der Waals surface area contributed by atoms with Gasteiger partial charge in [-0.15, -0.1) is 5.10 Å². The second kappa shape index (κ2) is 6.62. The molecule has 1 fully saturated rings. The van der Waals surface area contributed by atoms with Crippen LogP contribution in [-0.2, 0) is 5.41 Å². The predicted molar refractivity (Wildman–Crippen MR) is 97.9 cm³/mol. The van der Waals surface area contributed by atoms with E-state index in [1.165, 1.54) is 10.2 Å². The summed E-state index contributed by atoms with van der Waals surface area (Å²) in [7, 11) is 0. The summed E-state index contributed by atoms with van der Waals surface area (Å²) < 4.78 is 7.06. The van der Waals surface area contributed by atoms with E-state index in [0.717, 1.165) is 24.8 Å². The lowest BCUT2D eigenvalue weighted by Crippen LogP contribution is -2.28. The lowest BCUT2D eigenvalue weighted by molar-refractivity contribution is 0.0746. The molecule has 25 heavy (non-hydrogen) atoms. The van der Waals surface area contributed by atoms with Crippen molar-refractivity contribution in [3.63, 3.8) is 0 Å². The Morgan fingerprint density at radius 3 is 2.32 bits per heavy atom. The van der Waals surface area contributed by atoms with E-state index in [1.54, 1.807) is 0 Å². The van der Waals surface area contributed by atoms with Crippen LogP contribution in [0.4, 0.5) is 0 Å². The lowest BCUT2D eigenvalue weighted by Gasteiger charge is -2.23. The van der Waals surface area contributed by atoms with E-state index >= 15 is 0 Å². The third-order valence-corrected chi connectivity index (χ3v) is 4.60. The number of benzene rings is 1. The van der Waals surface area contributed by atoms with Gasteiger partial charge in [-0.25, -0.2) is 0 Å². The molecule has 5 nitrogen and oxygen atoms in total. The molecular weight excluding hydrogens is 314 g/mol. The van der Waals surface area contributed by atoms with E-state index in [0.29, 0.717) is 5.82 Å². The molecule has 3 rings (SSSR count). The van der Waals surface area contributed by atoms with E-state index in [4.69, 9.17) is 4.74 Å². The summed E-state index contributed by atoms with van der Waals surface area (Å²) in [6, 6.07) is 8.46. The van der Waals surface area contributed by atoms with Gasteiger partial charge in [0.05, 0.1) is 6.10 Å². The normalized spacial score (nSPS) is 15.3. The Bertz CT molecular complexity index is 750. The van der Waals surface area contributed by atoms with Crippen molar-refractivity contribution in [3.8, 4) is 17.4 Å². The lowest BCUT2D eigenvalue weighted by atomic mass is 9.85. The van der Waals surface area contributed by atoms with Crippen LogP contribution in [0.3, 0.4) is 0 Å². The number of carbonyl (C=O) groups is 1. The van der Waals surface area contributed by atoms with E-state index in [2.05, 4.69) is 43.0 Å². The summed E-state index contributed by atoms with van der Waals surface area (Å²) in [5, 5.41) is 4.33. The van der Waals surface area contributed by atoms with Crippen molar-refractivity contribution < 1.29 is 9.53 Å². The van der Waals surface area contributed by atoms with Crippen LogP contribution in [-0.4, -0.2) is 26.8 Å². The van der Waals surface area contributed by atoms with Gasteiger partial charge in [-0.05, 0) is 37.7 Å². The highest BCUT2D eigenvalue weighted by Crippen LogP contribution is 2.31. The highest BCUT2D eigenvalue weighted by Gasteiger charge is 2.30. The molecule has 1 aliphatic rings. The molecule has 1 aliphatic carbocycles. The second-order valence-electron chi connectivity index (χ2n) is 8.09. The van der Waals surface area contributed by atoms with Crippen LogP contribution in [0.2, 0.25) is 0 Å². The van der Waals surface area contributed by atoms with Gasteiger partial charge in [0.2, 0.25) is 0 Å². The van der Waals surface area contributed by atoms with Gasteiger partial charge in [-0.1, -0.05) is 51.5 Å². The number of ether oxygens (including phenoxy) is 1. The van der Waals surface area contributed by atoms with E-state index in [9.17, 15) is 4.79 Å². The van der Waals surface area contributed by atoms with Gasteiger partial charge in [0, 0.05) is 11.5 Å². The summed E-state index contributed by atoms with van der Waals surface area (Å²) in [4.78, 5) is 17.2. The number of nitrogens with zero attached hydrogens (tertiary/aromatic N) is 3. The molecule has 0 N–H and O–H groups in total. The smallest absolute Gasteiger partial charge is 0.336 e. The van der Waals surface area contributed by atoms with Crippen LogP contribution < -0.4 is 4.74 Å². The summed E-state index contributed by atoms with van der Waals surface area (Å²) >= 11 is 0. The Balaban J connectivity index is 1.98. The number of hydrogen-bond donors (Lipinski definition) is 0. The van der Waals surface area contributed by atoms with Crippen LogP contribution in [0.1, 0.15) is 64.2 Å². The van der Waals surface area contributed by atoms with Crippen molar-refractivity contribution in [2.45, 2.75) is 65.4 Å². The molecule has 0 saturated heterocycles. The van der Waals surface area contributed by atoms with Gasteiger partial charge < -0.3 is 4.74 Å². The molecule has 0 bridgehead atoms. The molecule has 5 heteroatoms. The maximum atomic E-state index is 12.8. The first-order valence-electron chi connectivity index (χ1n) is 9.04. The molecule has 0 aliphatic heterocycles. The van der Waals surface area contributed by atoms with E-state index in [-0.39, 0.29) is 29.4 Å². The Morgan fingerprint density at radius 1 is 1.20 bits per heavy atom. The molecule has 1 heterocycles. The number of rotatable bonds is 4. The van der Waals surface area contributed by atoms with Crippen LogP contribution in [0.15, 0.2) is 24.3 Å². The molecule has 0 spiro atoms. The molecule has 0 radical (unpaired) electrons. The van der Waals surface area contributed by atoms with Gasteiger partial charge in [0.15, 0.2) is 5.82 Å². The average Bonchev–Trinajstić information content (AvgIpc) is 2.87. The first-order valence-corrected chi connectivity index (χ1v) is 9.04. The highest BCUT2D eigenvalue weighted by molar-refractivity contribution is 5.85. The number of carbonyl (C=O) groups excluding carboxylic acids is 1. The largest absolute Gasteiger partial charge is 0.460 e. The minimum Gasteiger partial charge on any atom is -0.460 e. The molecule has 1 aromatic heterocycles. The third-order valence-electron chi connectivity index (χ3n) is 4.60. The molecule has 0 amide bonds. The average molecular weight is 341 g/mol. The van der Waals surface area contributed by atoms with Crippen molar-refractivity contribution in [2.75, 3.05) is 0 Å². The van der Waals surface area contributed by atoms with Crippen molar-refractivity contribution in [1.29, 1.82) is 0 Å². The van der Waals surface area contributed by atoms with Crippen molar-refractivity contribution in [3.05, 3.63) is 29.8 Å². The predicted octanol–water partition coefficient (Wildman–Crippen LogP) is 4.47. The van der Waals surface area contributed by atoms with E-state index < -0.39 is 0 Å². The minimum atomic E-state index is -0.0363. The molecule has 134 valence electrons. The van der Waals surface area contributed by atoms with Crippen LogP contribution in [0.25, 0.3) is 11.4 Å². The van der Waals surface area contributed by atoms with Crippen molar-refractivity contribution in [2.24, 2.45) is 5.92 Å². The Hall–Kier alpha value is -2.17. The third kappa shape index (κ3) is 3.75. The molecule has 2 aromatic rings. The molecule has 0 unspecified atom stereocenters. The standard InChI is InChI=1S/C20H27N3O2/c1-13(2)25-19-21-17(23(22-19)18(24)15-7-6-8-15)14-9-11-16(12-10-14)20(3,4)5/h9-13,15H,6-8H2,1-5H3. The van der Waals surface area contributed by atoms with Crippen molar-refractivity contribution in [1.82, 2.24) is 14.8 Å². The van der Waals surface area contributed by atoms with Crippen molar-refractivity contribution >= 4 is 5.91 Å². The van der Waals surface area contributed by atoms with Gasteiger partial charge >= 0.3 is 6.01 Å². The fraction of sp³-hybridized carbons (Fsp3) is 0.550. The maximum absolute atomic E-state index is 12.8. The van der Waals surface area contributed by atoms with Crippen LogP contribution >= 0.6 is 0 Å². The van der Waals surface area contributed by atoms with Gasteiger partial charge in [-0.2, -0.15) is 9.67 Å². The Labute approximate surface area is 149 Å². The Morgan fingerprint density at radius 2 is 1.84 bits per heavy atom. The van der Waals surface area contributed by atoms with Crippen LogP contribution in [0.5, 0.6) is 6.01 Å². The first-order chi connectivity index (χ1) is 11.8. The van der Waals surface area contributed by atoms with Crippen LogP contribution in [0, 0.1) is 5.92 Å². The van der Waals surface area contributed by atoms with E-state index in [1.807, 2.05) is 26.0 Å². The summed E-state index contributed by atoms with van der Waals surface area (Å²) in [6.45, 7) is 10.4. The summed E-state index contributed by atoms with van der Waals surface area (Å²) in [5.41, 5.74) is 2.21. The monoisotopic (exact) mass is 341 g/mol. The van der Waals surface area contributed by atoms with Gasteiger partial charge in [0.1, 0.15) is 0 Å². The molecule has 0 atom stereocenters. The number of aromatic nitrogens is 3. The number of hydrogen-bond acceptors (Lipinski definition) is 4.